The molecular weight excluding hydrogens is 591 g/mol. The third-order valence-electron chi connectivity index (χ3n) is 9.23. The van der Waals surface area contributed by atoms with Gasteiger partial charge in [0, 0.05) is 63.8 Å². The first-order chi connectivity index (χ1) is 23.3. The number of rotatable bonds is 3. The molecule has 6 aromatic carbocycles. The average molecular weight is 616 g/mol. The Hall–Kier alpha value is -5.97. The molecule has 0 spiro atoms. The van der Waals surface area contributed by atoms with E-state index in [4.69, 9.17) is 15.0 Å². The number of hydrogen-bond donors (Lipinski definition) is 0. The molecule has 0 aliphatic carbocycles. The maximum absolute atomic E-state index is 5.28. The van der Waals surface area contributed by atoms with E-state index in [9.17, 15) is 0 Å². The van der Waals surface area contributed by atoms with E-state index in [0.717, 1.165) is 71.9 Å². The molecule has 0 radical (unpaired) electrons. The summed E-state index contributed by atoms with van der Waals surface area (Å²) in [6.07, 6.45) is 0. The van der Waals surface area contributed by atoms with Crippen LogP contribution in [0.2, 0.25) is 0 Å². The van der Waals surface area contributed by atoms with Crippen molar-refractivity contribution in [3.8, 4) is 33.8 Å². The van der Waals surface area contributed by atoms with Crippen molar-refractivity contribution in [3.63, 3.8) is 0 Å². The fourth-order valence-electron chi connectivity index (χ4n) is 6.98. The summed E-state index contributed by atoms with van der Waals surface area (Å²) in [5.41, 5.74) is 8.94. The van der Waals surface area contributed by atoms with Crippen LogP contribution in [0.1, 0.15) is 0 Å². The number of fused-ring (bicyclic) bond motifs is 10. The Balaban J connectivity index is 1.25. The Labute approximate surface area is 274 Å². The van der Waals surface area contributed by atoms with Gasteiger partial charge >= 0.3 is 0 Å². The van der Waals surface area contributed by atoms with Gasteiger partial charge in [-0.05, 0) is 36.4 Å². The van der Waals surface area contributed by atoms with Gasteiger partial charge < -0.3 is 0 Å². The number of pyridine rings is 3. The first kappa shape index (κ1) is 26.3. The van der Waals surface area contributed by atoms with Crippen molar-refractivity contribution >= 4 is 75.0 Å². The summed E-state index contributed by atoms with van der Waals surface area (Å²) in [5.74, 6) is 0. The molecule has 0 N–H and O–H groups in total. The highest BCUT2D eigenvalue weighted by molar-refractivity contribution is 7.26. The molecule has 0 amide bonds. The normalized spacial score (nSPS) is 11.8. The summed E-state index contributed by atoms with van der Waals surface area (Å²) in [6, 6.07) is 53.5. The third-order valence-corrected chi connectivity index (χ3v) is 10.4. The van der Waals surface area contributed by atoms with Gasteiger partial charge in [-0.3, -0.25) is 0 Å². The number of thiophene rings is 1. The molecule has 4 aromatic heterocycles. The fraction of sp³-hybridized carbons (Fsp3) is 0. The number of hydrogen-bond acceptors (Lipinski definition) is 4. The van der Waals surface area contributed by atoms with E-state index >= 15 is 0 Å². The van der Waals surface area contributed by atoms with Crippen LogP contribution in [0.15, 0.2) is 152 Å². The molecule has 0 bridgehead atoms. The standard InChI is InChI=1S/C43H25N3S/c1-3-9-26(10-4-1)34-21-17-28-15-16-29-18-22-35(45-43(29)42(28)44-34)30-19-23-36-33(25-30)39-32(41(46-36)27-11-5-2-6-12-27)20-24-38-40(39)31-13-7-8-14-37(31)47-38/h1-25H. The molecule has 47 heavy (non-hydrogen) atoms. The van der Waals surface area contributed by atoms with Crippen LogP contribution in [-0.2, 0) is 0 Å². The SMILES string of the molecule is c1ccc(-c2ccc3ccc4ccc(-c5ccc6nc(-c7ccccc7)c7ccc8sc9ccccc9c8c7c6c5)nc4c3n2)cc1. The third kappa shape index (κ3) is 4.16. The summed E-state index contributed by atoms with van der Waals surface area (Å²) in [6.45, 7) is 0. The first-order valence-corrected chi connectivity index (χ1v) is 16.6. The minimum absolute atomic E-state index is 0.909. The quantitative estimate of drug-likeness (QED) is 0.186. The van der Waals surface area contributed by atoms with Gasteiger partial charge in [0.2, 0.25) is 0 Å². The summed E-state index contributed by atoms with van der Waals surface area (Å²) in [5, 5.41) is 8.26. The van der Waals surface area contributed by atoms with Crippen LogP contribution in [0.5, 0.6) is 0 Å². The molecule has 10 rings (SSSR count). The highest BCUT2D eigenvalue weighted by Gasteiger charge is 2.17. The van der Waals surface area contributed by atoms with Gasteiger partial charge in [0.25, 0.3) is 0 Å². The molecule has 4 heterocycles. The Bertz CT molecular complexity index is 2840. The topological polar surface area (TPSA) is 38.7 Å². The van der Waals surface area contributed by atoms with Crippen molar-refractivity contribution in [2.24, 2.45) is 0 Å². The highest BCUT2D eigenvalue weighted by Crippen LogP contribution is 2.44. The van der Waals surface area contributed by atoms with Gasteiger partial charge in [0.15, 0.2) is 0 Å². The van der Waals surface area contributed by atoms with Crippen LogP contribution >= 0.6 is 11.3 Å². The lowest BCUT2D eigenvalue weighted by molar-refractivity contribution is 1.36. The number of nitrogens with zero attached hydrogens (tertiary/aromatic N) is 3. The van der Waals surface area contributed by atoms with Crippen molar-refractivity contribution in [2.45, 2.75) is 0 Å². The smallest absolute Gasteiger partial charge is 0.0972 e. The van der Waals surface area contributed by atoms with Crippen molar-refractivity contribution < 1.29 is 0 Å². The van der Waals surface area contributed by atoms with E-state index in [1.54, 1.807) is 0 Å². The summed E-state index contributed by atoms with van der Waals surface area (Å²) in [4.78, 5) is 15.7. The molecular formula is C43H25N3S. The van der Waals surface area contributed by atoms with Gasteiger partial charge in [-0.25, -0.2) is 15.0 Å². The number of benzene rings is 6. The van der Waals surface area contributed by atoms with Crippen LogP contribution in [0, 0.1) is 0 Å². The lowest BCUT2D eigenvalue weighted by atomic mass is 9.95. The van der Waals surface area contributed by atoms with Crippen LogP contribution in [0.25, 0.3) is 97.4 Å². The molecule has 0 fully saturated rings. The minimum Gasteiger partial charge on any atom is -0.247 e. The summed E-state index contributed by atoms with van der Waals surface area (Å²) < 4.78 is 2.58. The maximum atomic E-state index is 5.28. The van der Waals surface area contributed by atoms with Crippen molar-refractivity contribution in [3.05, 3.63) is 152 Å². The van der Waals surface area contributed by atoms with Gasteiger partial charge in [0.1, 0.15) is 0 Å². The van der Waals surface area contributed by atoms with Gasteiger partial charge in [-0.15, -0.1) is 11.3 Å². The fourth-order valence-corrected chi connectivity index (χ4v) is 8.10. The molecule has 3 nitrogen and oxygen atoms in total. The van der Waals surface area contributed by atoms with Crippen LogP contribution in [0.4, 0.5) is 0 Å². The zero-order valence-corrected chi connectivity index (χ0v) is 26.0. The first-order valence-electron chi connectivity index (χ1n) is 15.8. The second kappa shape index (κ2) is 10.3. The Kier molecular flexibility index (Phi) is 5.74. The second-order valence-electron chi connectivity index (χ2n) is 12.0. The Morgan fingerprint density at radius 2 is 1.02 bits per heavy atom. The second-order valence-corrected chi connectivity index (χ2v) is 13.1. The van der Waals surface area contributed by atoms with E-state index in [2.05, 4.69) is 146 Å². The van der Waals surface area contributed by atoms with E-state index in [-0.39, 0.29) is 0 Å². The molecule has 0 saturated carbocycles. The van der Waals surface area contributed by atoms with Crippen molar-refractivity contribution in [1.82, 2.24) is 15.0 Å². The molecule has 0 saturated heterocycles. The lowest BCUT2D eigenvalue weighted by Crippen LogP contribution is -1.93. The molecule has 0 unspecified atom stereocenters. The van der Waals surface area contributed by atoms with Gasteiger partial charge in [-0.1, -0.05) is 115 Å². The monoisotopic (exact) mass is 615 g/mol. The molecule has 4 heteroatoms. The van der Waals surface area contributed by atoms with E-state index in [1.165, 1.54) is 25.6 Å². The molecule has 218 valence electrons. The van der Waals surface area contributed by atoms with Gasteiger partial charge in [-0.2, -0.15) is 0 Å². The molecule has 0 atom stereocenters. The van der Waals surface area contributed by atoms with E-state index < -0.39 is 0 Å². The average Bonchev–Trinajstić information content (AvgIpc) is 3.53. The predicted molar refractivity (Wildman–Crippen MR) is 199 cm³/mol. The van der Waals surface area contributed by atoms with Crippen molar-refractivity contribution in [1.29, 1.82) is 0 Å². The van der Waals surface area contributed by atoms with Crippen LogP contribution < -0.4 is 0 Å². The number of aromatic nitrogens is 3. The van der Waals surface area contributed by atoms with E-state index in [0.29, 0.717) is 0 Å². The van der Waals surface area contributed by atoms with Crippen LogP contribution in [0.3, 0.4) is 0 Å². The Morgan fingerprint density at radius 3 is 1.77 bits per heavy atom. The molecule has 0 aliphatic rings. The predicted octanol–water partition coefficient (Wildman–Crippen LogP) is 11.9. The lowest BCUT2D eigenvalue weighted by Gasteiger charge is -2.13. The minimum atomic E-state index is 0.909. The zero-order valence-electron chi connectivity index (χ0n) is 25.2. The highest BCUT2D eigenvalue weighted by atomic mass is 32.1. The van der Waals surface area contributed by atoms with Crippen molar-refractivity contribution in [2.75, 3.05) is 0 Å². The summed E-state index contributed by atoms with van der Waals surface area (Å²) in [7, 11) is 0. The summed E-state index contributed by atoms with van der Waals surface area (Å²) >= 11 is 1.85. The largest absolute Gasteiger partial charge is 0.247 e. The van der Waals surface area contributed by atoms with Crippen LogP contribution in [-0.4, -0.2) is 15.0 Å². The molecule has 0 aliphatic heterocycles. The Morgan fingerprint density at radius 1 is 0.383 bits per heavy atom. The van der Waals surface area contributed by atoms with Gasteiger partial charge in [0.05, 0.1) is 33.6 Å². The molecule has 10 aromatic rings. The van der Waals surface area contributed by atoms with E-state index in [1.807, 2.05) is 17.4 Å². The zero-order chi connectivity index (χ0) is 30.9. The maximum Gasteiger partial charge on any atom is 0.0972 e.